The van der Waals surface area contributed by atoms with E-state index in [-0.39, 0.29) is 6.42 Å². The predicted molar refractivity (Wildman–Crippen MR) is 58.8 cm³/mol. The van der Waals surface area contributed by atoms with Crippen LogP contribution >= 0.6 is 45.9 Å². The first-order valence-electron chi connectivity index (χ1n) is 3.20. The fourth-order valence-electron chi connectivity index (χ4n) is 0.602. The molecule has 0 saturated heterocycles. The molecule has 0 rings (SSSR count). The molecular weight excluding hydrogens is 360 g/mol. The van der Waals surface area contributed by atoms with Crippen LogP contribution < -0.4 is 0 Å². The quantitative estimate of drug-likeness (QED) is 0.459. The zero-order chi connectivity index (χ0) is 8.91. The number of halogens is 3. The van der Waals surface area contributed by atoms with Crippen molar-refractivity contribution in [3.8, 4) is 0 Å². The van der Waals surface area contributed by atoms with Gasteiger partial charge < -0.3 is 5.11 Å². The van der Waals surface area contributed by atoms with Crippen LogP contribution in [-0.2, 0) is 4.79 Å². The highest BCUT2D eigenvalue weighted by Gasteiger charge is 2.20. The molecule has 0 saturated carbocycles. The number of hydrogen-bond donors (Lipinski definition) is 1. The van der Waals surface area contributed by atoms with E-state index in [1.807, 2.05) is 0 Å². The van der Waals surface area contributed by atoms with Crippen molar-refractivity contribution >= 4 is 55.8 Å². The van der Waals surface area contributed by atoms with Gasteiger partial charge in [-0.1, -0.05) is 52.3 Å². The van der Waals surface area contributed by atoms with Gasteiger partial charge in [0.15, 0.2) is 0 Å². The van der Waals surface area contributed by atoms with Crippen LogP contribution in [0.5, 0.6) is 0 Å². The van der Waals surface area contributed by atoms with E-state index < -0.39 is 9.90 Å². The molecule has 11 heavy (non-hydrogen) atoms. The Bertz CT molecular complexity index is 134. The minimum Gasteiger partial charge on any atom is -0.481 e. The van der Waals surface area contributed by atoms with Gasteiger partial charge in [-0.15, -0.1) is 0 Å². The molecular formula is C5H9Br3O2Si. The number of rotatable bonds is 5. The lowest BCUT2D eigenvalue weighted by Crippen LogP contribution is -2.05. The van der Waals surface area contributed by atoms with Crippen LogP contribution in [0.1, 0.15) is 19.3 Å². The van der Waals surface area contributed by atoms with Gasteiger partial charge >= 0.3 is 5.97 Å². The summed E-state index contributed by atoms with van der Waals surface area (Å²) in [6, 6.07) is 1.00. The second-order valence-corrected chi connectivity index (χ2v) is 25.7. The first-order chi connectivity index (χ1) is 4.92. The Morgan fingerprint density at radius 2 is 1.82 bits per heavy atom. The van der Waals surface area contributed by atoms with E-state index in [0.29, 0.717) is 0 Å². The minimum absolute atomic E-state index is 0.275. The van der Waals surface area contributed by atoms with Crippen molar-refractivity contribution in [2.24, 2.45) is 0 Å². The van der Waals surface area contributed by atoms with Gasteiger partial charge in [-0.25, -0.2) is 0 Å². The van der Waals surface area contributed by atoms with E-state index in [9.17, 15) is 4.79 Å². The van der Waals surface area contributed by atoms with Crippen LogP contribution in [-0.4, -0.2) is 15.0 Å². The summed E-state index contributed by atoms with van der Waals surface area (Å²) in [6.07, 6.45) is 1.98. The molecule has 0 spiro atoms. The zero-order valence-corrected chi connectivity index (χ0v) is 11.6. The van der Waals surface area contributed by atoms with Gasteiger partial charge in [-0.2, -0.15) is 0 Å². The second-order valence-electron chi connectivity index (χ2n) is 2.22. The minimum atomic E-state index is -1.48. The van der Waals surface area contributed by atoms with Crippen molar-refractivity contribution in [3.63, 3.8) is 0 Å². The lowest BCUT2D eigenvalue weighted by molar-refractivity contribution is -0.137. The highest BCUT2D eigenvalue weighted by atomic mass is 80.0. The second kappa shape index (κ2) is 5.72. The molecule has 66 valence electrons. The lowest BCUT2D eigenvalue weighted by Gasteiger charge is -2.06. The van der Waals surface area contributed by atoms with Gasteiger partial charge in [0, 0.05) is 6.42 Å². The van der Waals surface area contributed by atoms with Crippen molar-refractivity contribution in [2.45, 2.75) is 25.3 Å². The van der Waals surface area contributed by atoms with Crippen LogP contribution in [0.3, 0.4) is 0 Å². The molecule has 0 radical (unpaired) electrons. The molecule has 0 amide bonds. The Labute approximate surface area is 90.5 Å². The van der Waals surface area contributed by atoms with Gasteiger partial charge in [-0.05, 0) is 12.5 Å². The molecule has 2 nitrogen and oxygen atoms in total. The summed E-state index contributed by atoms with van der Waals surface area (Å²) in [5.41, 5.74) is 0. The number of carboxylic acids is 1. The maximum absolute atomic E-state index is 10.1. The largest absolute Gasteiger partial charge is 0.481 e. The Balaban J connectivity index is 3.22. The third-order valence-corrected chi connectivity index (χ3v) is 5.59. The van der Waals surface area contributed by atoms with Crippen molar-refractivity contribution in [1.82, 2.24) is 0 Å². The van der Waals surface area contributed by atoms with Crippen LogP contribution in [0, 0.1) is 0 Å². The average molecular weight is 369 g/mol. The van der Waals surface area contributed by atoms with Gasteiger partial charge in [0.25, 0.3) is 3.93 Å². The molecule has 0 aliphatic rings. The first-order valence-corrected chi connectivity index (χ1v) is 12.2. The molecule has 0 fully saturated rings. The smallest absolute Gasteiger partial charge is 0.303 e. The Morgan fingerprint density at radius 1 is 1.27 bits per heavy atom. The maximum Gasteiger partial charge on any atom is 0.303 e. The molecule has 0 aliphatic heterocycles. The highest BCUT2D eigenvalue weighted by Crippen LogP contribution is 2.33. The Kier molecular flexibility index (Phi) is 6.30. The van der Waals surface area contributed by atoms with Crippen LogP contribution in [0.2, 0.25) is 6.04 Å². The van der Waals surface area contributed by atoms with E-state index in [2.05, 4.69) is 45.9 Å². The van der Waals surface area contributed by atoms with E-state index in [1.54, 1.807) is 0 Å². The molecule has 0 bridgehead atoms. The molecule has 0 atom stereocenters. The van der Waals surface area contributed by atoms with E-state index in [4.69, 9.17) is 5.11 Å². The van der Waals surface area contributed by atoms with Gasteiger partial charge in [0.1, 0.15) is 0 Å². The molecule has 0 aromatic carbocycles. The summed E-state index contributed by atoms with van der Waals surface area (Å²) in [6.45, 7) is 0. The third-order valence-electron chi connectivity index (χ3n) is 1.10. The topological polar surface area (TPSA) is 37.3 Å². The summed E-state index contributed by atoms with van der Waals surface area (Å²) in [5, 5.41) is 8.32. The number of carbonyl (C=O) groups is 1. The lowest BCUT2D eigenvalue weighted by atomic mass is 10.2. The Morgan fingerprint density at radius 3 is 2.18 bits per heavy atom. The number of hydrogen-bond acceptors (Lipinski definition) is 1. The van der Waals surface area contributed by atoms with Crippen LogP contribution in [0.15, 0.2) is 0 Å². The molecule has 0 aromatic rings. The predicted octanol–water partition coefficient (Wildman–Crippen LogP) is 3.36. The van der Waals surface area contributed by atoms with Gasteiger partial charge in [0.05, 0.1) is 0 Å². The van der Waals surface area contributed by atoms with E-state index >= 15 is 0 Å². The standard InChI is InChI=1S/C5H9Br3O2Si/c6-11(7,8)4-2-1-3-5(9)10/h1-4H2,(H,9,10). The van der Waals surface area contributed by atoms with Crippen LogP contribution in [0.25, 0.3) is 0 Å². The molecule has 0 unspecified atom stereocenters. The number of aliphatic carboxylic acids is 1. The molecule has 0 heterocycles. The first kappa shape index (κ1) is 12.1. The summed E-state index contributed by atoms with van der Waals surface area (Å²) >= 11 is 10.4. The zero-order valence-electron chi connectivity index (χ0n) is 5.82. The summed E-state index contributed by atoms with van der Waals surface area (Å²) in [4.78, 5) is 10.1. The van der Waals surface area contributed by atoms with Crippen molar-refractivity contribution in [1.29, 1.82) is 0 Å². The number of unbranched alkanes of at least 4 members (excludes halogenated alkanes) is 1. The Hall–Kier alpha value is 1.13. The van der Waals surface area contributed by atoms with Crippen molar-refractivity contribution < 1.29 is 9.90 Å². The average Bonchev–Trinajstić information content (AvgIpc) is 1.78. The summed E-state index contributed by atoms with van der Waals surface area (Å²) in [7, 11) is 0. The molecule has 1 N–H and O–H groups in total. The maximum atomic E-state index is 10.1. The highest BCUT2D eigenvalue weighted by molar-refractivity contribution is 9.72. The van der Waals surface area contributed by atoms with Crippen molar-refractivity contribution in [2.75, 3.05) is 0 Å². The van der Waals surface area contributed by atoms with Gasteiger partial charge in [0.2, 0.25) is 0 Å². The van der Waals surface area contributed by atoms with E-state index in [1.165, 1.54) is 0 Å². The van der Waals surface area contributed by atoms with Gasteiger partial charge in [-0.3, -0.25) is 4.79 Å². The normalized spacial score (nSPS) is 11.5. The molecule has 0 aliphatic carbocycles. The summed E-state index contributed by atoms with van der Waals surface area (Å²) in [5.74, 6) is -0.712. The fraction of sp³-hybridized carbons (Fsp3) is 0.800. The molecule has 6 heteroatoms. The number of carboxylic acid groups (broad SMARTS) is 1. The van der Waals surface area contributed by atoms with E-state index in [0.717, 1.165) is 18.9 Å². The van der Waals surface area contributed by atoms with Crippen LogP contribution in [0.4, 0.5) is 0 Å². The van der Waals surface area contributed by atoms with Crippen molar-refractivity contribution in [3.05, 3.63) is 0 Å². The third kappa shape index (κ3) is 11.1. The SMILES string of the molecule is O=C(O)CCCC[Si](Br)(Br)Br. The fourth-order valence-corrected chi connectivity index (χ4v) is 3.78. The monoisotopic (exact) mass is 366 g/mol. The summed E-state index contributed by atoms with van der Waals surface area (Å²) < 4.78 is -1.48. The molecule has 0 aromatic heterocycles.